The number of rotatable bonds is 3. The third-order valence-electron chi connectivity index (χ3n) is 5.44. The average Bonchev–Trinajstić information content (AvgIpc) is 3.29. The second-order valence-electron chi connectivity index (χ2n) is 7.23. The predicted molar refractivity (Wildman–Crippen MR) is 104 cm³/mol. The molecule has 0 aliphatic heterocycles. The molecule has 3 aromatic heterocycles. The van der Waals surface area contributed by atoms with Crippen molar-refractivity contribution in [1.29, 1.82) is 0 Å². The molecule has 27 heavy (non-hydrogen) atoms. The van der Waals surface area contributed by atoms with Gasteiger partial charge in [0.15, 0.2) is 11.5 Å². The number of amides is 1. The number of aryl methyl sites for hydroxylation is 2. The van der Waals surface area contributed by atoms with E-state index < -0.39 is 0 Å². The van der Waals surface area contributed by atoms with E-state index in [-0.39, 0.29) is 11.9 Å². The molecule has 0 saturated heterocycles. The van der Waals surface area contributed by atoms with Gasteiger partial charge in [-0.2, -0.15) is 0 Å². The van der Waals surface area contributed by atoms with Crippen molar-refractivity contribution in [1.82, 2.24) is 24.9 Å². The van der Waals surface area contributed by atoms with Gasteiger partial charge in [0.25, 0.3) is 5.91 Å². The van der Waals surface area contributed by atoms with Gasteiger partial charge in [-0.25, -0.2) is 0 Å². The number of pyridine rings is 1. The molecule has 6 nitrogen and oxygen atoms in total. The zero-order valence-electron chi connectivity index (χ0n) is 15.2. The fourth-order valence-electron chi connectivity index (χ4n) is 4.05. The lowest BCUT2D eigenvalue weighted by atomic mass is 9.95. The van der Waals surface area contributed by atoms with Crippen LogP contribution in [0.15, 0.2) is 42.6 Å². The summed E-state index contributed by atoms with van der Waals surface area (Å²) in [6, 6.07) is 11.4. The van der Waals surface area contributed by atoms with Crippen LogP contribution in [0, 0.1) is 0 Å². The molecule has 0 bridgehead atoms. The maximum absolute atomic E-state index is 12.8. The largest absolute Gasteiger partial charge is 0.358 e. The number of fused-ring (bicyclic) bond motifs is 4. The van der Waals surface area contributed by atoms with E-state index in [1.807, 2.05) is 53.9 Å². The molecule has 5 rings (SSSR count). The third-order valence-corrected chi connectivity index (χ3v) is 5.44. The zero-order valence-corrected chi connectivity index (χ0v) is 15.2. The Morgan fingerprint density at radius 3 is 3.00 bits per heavy atom. The van der Waals surface area contributed by atoms with Gasteiger partial charge < -0.3 is 10.3 Å². The van der Waals surface area contributed by atoms with Crippen molar-refractivity contribution in [2.75, 3.05) is 0 Å². The van der Waals surface area contributed by atoms with E-state index in [4.69, 9.17) is 0 Å². The summed E-state index contributed by atoms with van der Waals surface area (Å²) < 4.78 is 1.90. The molecular formula is C21H21N5O. The van der Waals surface area contributed by atoms with Crippen LogP contribution in [-0.2, 0) is 12.8 Å². The van der Waals surface area contributed by atoms with Crippen LogP contribution >= 0.6 is 0 Å². The average molecular weight is 359 g/mol. The summed E-state index contributed by atoms with van der Waals surface area (Å²) in [7, 11) is 0. The summed E-state index contributed by atoms with van der Waals surface area (Å²) in [6.07, 6.45) is 6.54. The maximum Gasteiger partial charge on any atom is 0.251 e. The van der Waals surface area contributed by atoms with E-state index in [0.717, 1.165) is 29.8 Å². The maximum atomic E-state index is 12.8. The van der Waals surface area contributed by atoms with Crippen LogP contribution in [0.1, 0.15) is 53.2 Å². The molecule has 1 atom stereocenters. The van der Waals surface area contributed by atoms with E-state index >= 15 is 0 Å². The number of benzene rings is 1. The van der Waals surface area contributed by atoms with Gasteiger partial charge in [0.05, 0.1) is 6.04 Å². The number of nitrogens with one attached hydrogen (secondary N) is 2. The number of aromatic amines is 1. The van der Waals surface area contributed by atoms with E-state index in [2.05, 4.69) is 20.5 Å². The molecule has 136 valence electrons. The lowest BCUT2D eigenvalue weighted by molar-refractivity contribution is 0.0938. The number of H-pyrrole nitrogens is 1. The Bertz CT molecular complexity index is 1160. The lowest BCUT2D eigenvalue weighted by Crippen LogP contribution is -2.28. The number of aromatic nitrogens is 4. The third kappa shape index (κ3) is 2.68. The molecule has 1 aromatic carbocycles. The first-order valence-corrected chi connectivity index (χ1v) is 9.45. The number of carbonyl (C=O) groups excluding carboxylic acids is 1. The van der Waals surface area contributed by atoms with Crippen LogP contribution < -0.4 is 5.32 Å². The summed E-state index contributed by atoms with van der Waals surface area (Å²) in [5.41, 5.74) is 5.28. The van der Waals surface area contributed by atoms with Gasteiger partial charge in [-0.15, -0.1) is 10.2 Å². The Morgan fingerprint density at radius 2 is 2.07 bits per heavy atom. The van der Waals surface area contributed by atoms with E-state index in [0.29, 0.717) is 5.56 Å². The highest BCUT2D eigenvalue weighted by Gasteiger charge is 2.19. The summed E-state index contributed by atoms with van der Waals surface area (Å²) in [6.45, 7) is 1.93. The fourth-order valence-corrected chi connectivity index (χ4v) is 4.05. The van der Waals surface area contributed by atoms with Crippen LogP contribution in [0.3, 0.4) is 0 Å². The highest BCUT2D eigenvalue weighted by atomic mass is 16.1. The topological polar surface area (TPSA) is 75.1 Å². The predicted octanol–water partition coefficient (Wildman–Crippen LogP) is 3.58. The van der Waals surface area contributed by atoms with Gasteiger partial charge in [-0.3, -0.25) is 9.20 Å². The molecule has 1 unspecified atom stereocenters. The van der Waals surface area contributed by atoms with Crippen molar-refractivity contribution in [3.8, 4) is 0 Å². The van der Waals surface area contributed by atoms with Crippen LogP contribution in [0.5, 0.6) is 0 Å². The van der Waals surface area contributed by atoms with E-state index in [1.54, 1.807) is 0 Å². The van der Waals surface area contributed by atoms with E-state index in [9.17, 15) is 4.79 Å². The van der Waals surface area contributed by atoms with Crippen LogP contribution in [0.2, 0.25) is 0 Å². The number of nitrogens with zero attached hydrogens (tertiary/aromatic N) is 3. The number of carbonyl (C=O) groups is 1. The standard InChI is InChI=1S/C21H21N5O/c1-13(20-25-24-19-8-4-5-11-26(19)20)22-21(27)14-9-10-18-16(12-14)15-6-2-3-7-17(15)23-18/h4-5,8-13,23H,2-3,6-7H2,1H3,(H,22,27). The first kappa shape index (κ1) is 16.1. The fraction of sp³-hybridized carbons (Fsp3) is 0.286. The summed E-state index contributed by atoms with van der Waals surface area (Å²) in [5.74, 6) is 0.627. The van der Waals surface area contributed by atoms with E-state index in [1.165, 1.54) is 29.5 Å². The summed E-state index contributed by atoms with van der Waals surface area (Å²) in [4.78, 5) is 16.4. The minimum atomic E-state index is -0.245. The lowest BCUT2D eigenvalue weighted by Gasteiger charge is -2.13. The van der Waals surface area contributed by atoms with Gasteiger partial charge in [0.2, 0.25) is 0 Å². The molecule has 6 heteroatoms. The van der Waals surface area contributed by atoms with Crippen LogP contribution in [0.25, 0.3) is 16.6 Å². The number of hydrogen-bond donors (Lipinski definition) is 2. The minimum absolute atomic E-state index is 0.0946. The van der Waals surface area contributed by atoms with Gasteiger partial charge in [-0.05, 0) is 68.5 Å². The van der Waals surface area contributed by atoms with Crippen molar-refractivity contribution >= 4 is 22.5 Å². The van der Waals surface area contributed by atoms with Gasteiger partial charge in [0.1, 0.15) is 0 Å². The summed E-state index contributed by atoms with van der Waals surface area (Å²) in [5, 5.41) is 12.6. The smallest absolute Gasteiger partial charge is 0.251 e. The quantitative estimate of drug-likeness (QED) is 0.587. The van der Waals surface area contributed by atoms with Crippen molar-refractivity contribution in [3.05, 3.63) is 65.2 Å². The molecule has 2 N–H and O–H groups in total. The molecular weight excluding hydrogens is 338 g/mol. The van der Waals surface area contributed by atoms with Crippen LogP contribution in [0.4, 0.5) is 0 Å². The molecule has 1 aliphatic carbocycles. The molecule has 1 aliphatic rings. The highest BCUT2D eigenvalue weighted by molar-refractivity contribution is 5.99. The Kier molecular flexibility index (Phi) is 3.70. The SMILES string of the molecule is CC(NC(=O)c1ccc2[nH]c3c(c2c1)CCCC3)c1nnc2ccccn12. The molecule has 1 amide bonds. The van der Waals surface area contributed by atoms with Crippen molar-refractivity contribution < 1.29 is 4.79 Å². The van der Waals surface area contributed by atoms with Crippen molar-refractivity contribution in [2.24, 2.45) is 0 Å². The molecule has 0 spiro atoms. The van der Waals surface area contributed by atoms with Crippen LogP contribution in [-0.4, -0.2) is 25.5 Å². The Hall–Kier alpha value is -3.15. The first-order valence-electron chi connectivity index (χ1n) is 9.45. The molecule has 0 radical (unpaired) electrons. The summed E-state index contributed by atoms with van der Waals surface area (Å²) >= 11 is 0. The highest BCUT2D eigenvalue weighted by Crippen LogP contribution is 2.29. The van der Waals surface area contributed by atoms with Crippen molar-refractivity contribution in [3.63, 3.8) is 0 Å². The number of hydrogen-bond acceptors (Lipinski definition) is 3. The van der Waals surface area contributed by atoms with Gasteiger partial charge in [-0.1, -0.05) is 6.07 Å². The second-order valence-corrected chi connectivity index (χ2v) is 7.23. The normalized spacial score (nSPS) is 15.0. The van der Waals surface area contributed by atoms with Crippen molar-refractivity contribution in [2.45, 2.75) is 38.6 Å². The minimum Gasteiger partial charge on any atom is -0.358 e. The first-order chi connectivity index (χ1) is 13.2. The Balaban J connectivity index is 1.43. The Labute approximate surface area is 156 Å². The Morgan fingerprint density at radius 1 is 1.19 bits per heavy atom. The second kappa shape index (κ2) is 6.23. The molecule has 3 heterocycles. The molecule has 4 aromatic rings. The monoisotopic (exact) mass is 359 g/mol. The molecule has 0 saturated carbocycles. The zero-order chi connectivity index (χ0) is 18.4. The van der Waals surface area contributed by atoms with Gasteiger partial charge in [0, 0.05) is 28.4 Å². The van der Waals surface area contributed by atoms with Gasteiger partial charge >= 0.3 is 0 Å². The molecule has 0 fully saturated rings.